The molecule has 2 aliphatic rings. The van der Waals surface area contributed by atoms with Gasteiger partial charge in [0.2, 0.25) is 0 Å². The van der Waals surface area contributed by atoms with E-state index in [2.05, 4.69) is 53.4 Å². The summed E-state index contributed by atoms with van der Waals surface area (Å²) < 4.78 is 28.6. The van der Waals surface area contributed by atoms with Gasteiger partial charge in [-0.3, -0.25) is 4.72 Å². The summed E-state index contributed by atoms with van der Waals surface area (Å²) in [5, 5.41) is 3.69. The van der Waals surface area contributed by atoms with Crippen LogP contribution in [0.4, 0.5) is 11.4 Å². The number of para-hydroxylation sites is 1. The lowest BCUT2D eigenvalue weighted by Crippen LogP contribution is -2.29. The third-order valence-electron chi connectivity index (χ3n) is 6.07. The number of rotatable bonds is 4. The van der Waals surface area contributed by atoms with Crippen molar-refractivity contribution in [3.8, 4) is 0 Å². The van der Waals surface area contributed by atoms with Gasteiger partial charge in [0.15, 0.2) is 0 Å². The van der Waals surface area contributed by atoms with Gasteiger partial charge in [-0.05, 0) is 60.7 Å². The van der Waals surface area contributed by atoms with Crippen LogP contribution in [0.15, 0.2) is 89.8 Å². The minimum atomic E-state index is -3.65. The van der Waals surface area contributed by atoms with Crippen LogP contribution >= 0.6 is 0 Å². The van der Waals surface area contributed by atoms with Gasteiger partial charge in [-0.1, -0.05) is 60.2 Å². The van der Waals surface area contributed by atoms with Gasteiger partial charge in [0.05, 0.1) is 10.9 Å². The number of fused-ring (bicyclic) bond motifs is 3. The van der Waals surface area contributed by atoms with Crippen LogP contribution in [0.3, 0.4) is 0 Å². The van der Waals surface area contributed by atoms with Gasteiger partial charge in [0.25, 0.3) is 10.0 Å². The molecule has 0 saturated heterocycles. The molecule has 3 aromatic rings. The molecule has 3 aromatic carbocycles. The summed E-state index contributed by atoms with van der Waals surface area (Å²) in [4.78, 5) is 0.292. The van der Waals surface area contributed by atoms with Crippen LogP contribution in [0.5, 0.6) is 0 Å². The lowest BCUT2D eigenvalue weighted by molar-refractivity contribution is 0.425. The van der Waals surface area contributed by atoms with Crippen LogP contribution in [0, 0.1) is 12.8 Å². The highest BCUT2D eigenvalue weighted by molar-refractivity contribution is 7.92. The molecule has 0 saturated carbocycles. The van der Waals surface area contributed by atoms with E-state index in [1.54, 1.807) is 18.2 Å². The monoisotopic (exact) mass is 416 g/mol. The van der Waals surface area contributed by atoms with E-state index in [4.69, 9.17) is 0 Å². The normalized spacial score (nSPS) is 22.1. The predicted molar refractivity (Wildman–Crippen MR) is 121 cm³/mol. The molecule has 4 nitrogen and oxygen atoms in total. The lowest BCUT2D eigenvalue weighted by Gasteiger charge is -2.37. The Morgan fingerprint density at radius 1 is 0.967 bits per heavy atom. The van der Waals surface area contributed by atoms with E-state index in [9.17, 15) is 8.42 Å². The molecule has 3 atom stereocenters. The van der Waals surface area contributed by atoms with Crippen molar-refractivity contribution in [1.82, 2.24) is 0 Å². The van der Waals surface area contributed by atoms with Crippen molar-refractivity contribution >= 4 is 21.4 Å². The van der Waals surface area contributed by atoms with E-state index in [0.717, 1.165) is 17.7 Å². The number of benzene rings is 3. The summed E-state index contributed by atoms with van der Waals surface area (Å²) in [6.45, 7) is 2.11. The average molecular weight is 417 g/mol. The number of nitrogens with one attached hydrogen (secondary N) is 2. The zero-order valence-corrected chi connectivity index (χ0v) is 17.6. The molecule has 0 amide bonds. The number of hydrogen-bond acceptors (Lipinski definition) is 3. The fourth-order valence-electron chi connectivity index (χ4n) is 4.65. The molecule has 1 heterocycles. The summed E-state index contributed by atoms with van der Waals surface area (Å²) in [5.41, 5.74) is 5.14. The van der Waals surface area contributed by atoms with Crippen molar-refractivity contribution in [3.05, 3.63) is 102 Å². The molecule has 0 fully saturated rings. The Balaban J connectivity index is 1.50. The molecule has 0 bridgehead atoms. The molecule has 152 valence electrons. The largest absolute Gasteiger partial charge is 0.378 e. The van der Waals surface area contributed by atoms with Crippen LogP contribution in [-0.4, -0.2) is 8.42 Å². The Morgan fingerprint density at radius 2 is 1.80 bits per heavy atom. The summed E-state index contributed by atoms with van der Waals surface area (Å²) in [5.74, 6) is 0.581. The van der Waals surface area contributed by atoms with Gasteiger partial charge in [0.1, 0.15) is 0 Å². The summed E-state index contributed by atoms with van der Waals surface area (Å²) in [6, 6.07) is 23.2. The highest BCUT2D eigenvalue weighted by Gasteiger charge is 2.38. The Hall–Kier alpha value is -3.05. The number of sulfonamides is 1. The van der Waals surface area contributed by atoms with E-state index >= 15 is 0 Å². The Kier molecular flexibility index (Phi) is 4.63. The second-order valence-electron chi connectivity index (χ2n) is 8.11. The van der Waals surface area contributed by atoms with Crippen LogP contribution < -0.4 is 10.0 Å². The standard InChI is InChI=1S/C25H24N2O2S/c1-17-7-5-8-18(15-17)25-22-12-6-11-21(22)23-16-20(13-14-24(23)26-25)30(28,29)27-19-9-3-2-4-10-19/h2-11,13-16,21-22,25-27H,12H2,1H3/t21-,22-,25-/m0/s1. The summed E-state index contributed by atoms with van der Waals surface area (Å²) >= 11 is 0. The maximum atomic E-state index is 13.0. The number of hydrogen-bond donors (Lipinski definition) is 2. The predicted octanol–water partition coefficient (Wildman–Crippen LogP) is 5.62. The first-order valence-corrected chi connectivity index (χ1v) is 11.7. The third kappa shape index (κ3) is 3.39. The lowest BCUT2D eigenvalue weighted by atomic mass is 9.77. The second-order valence-corrected chi connectivity index (χ2v) is 9.79. The van der Waals surface area contributed by atoms with Crippen LogP contribution in [-0.2, 0) is 10.0 Å². The fraction of sp³-hybridized carbons (Fsp3) is 0.200. The number of anilines is 2. The third-order valence-corrected chi connectivity index (χ3v) is 7.45. The molecule has 0 spiro atoms. The Bertz CT molecular complexity index is 1220. The molecule has 0 aromatic heterocycles. The van der Waals surface area contributed by atoms with Gasteiger partial charge in [-0.2, -0.15) is 0 Å². The molecule has 0 unspecified atom stereocenters. The molecule has 5 heteroatoms. The van der Waals surface area contributed by atoms with Crippen LogP contribution in [0.2, 0.25) is 0 Å². The molecular formula is C25H24N2O2S. The summed E-state index contributed by atoms with van der Waals surface area (Å²) in [7, 11) is -3.65. The zero-order valence-electron chi connectivity index (χ0n) is 16.7. The molecule has 2 N–H and O–H groups in total. The second kappa shape index (κ2) is 7.33. The van der Waals surface area contributed by atoms with Gasteiger partial charge >= 0.3 is 0 Å². The number of aryl methyl sites for hydroxylation is 1. The minimum Gasteiger partial charge on any atom is -0.378 e. The molecule has 30 heavy (non-hydrogen) atoms. The fourth-order valence-corrected chi connectivity index (χ4v) is 5.75. The topological polar surface area (TPSA) is 58.2 Å². The Morgan fingerprint density at radius 3 is 2.60 bits per heavy atom. The van der Waals surface area contributed by atoms with E-state index in [0.29, 0.717) is 16.5 Å². The SMILES string of the molecule is Cc1cccc([C@@H]2Nc3ccc(S(=O)(=O)Nc4ccccc4)cc3[C@H]3C=CC[C@@H]32)c1. The van der Waals surface area contributed by atoms with E-state index in [1.807, 2.05) is 30.3 Å². The van der Waals surface area contributed by atoms with E-state index in [-0.39, 0.29) is 12.0 Å². The highest BCUT2D eigenvalue weighted by atomic mass is 32.2. The van der Waals surface area contributed by atoms with E-state index < -0.39 is 10.0 Å². The first-order valence-electron chi connectivity index (χ1n) is 10.2. The number of allylic oxidation sites excluding steroid dienone is 2. The van der Waals surface area contributed by atoms with E-state index in [1.165, 1.54) is 11.1 Å². The van der Waals surface area contributed by atoms with Crippen molar-refractivity contribution in [2.24, 2.45) is 5.92 Å². The first-order chi connectivity index (χ1) is 14.5. The molecular weight excluding hydrogens is 392 g/mol. The van der Waals surface area contributed by atoms with Crippen molar-refractivity contribution in [2.75, 3.05) is 10.0 Å². The summed E-state index contributed by atoms with van der Waals surface area (Å²) in [6.07, 6.45) is 5.43. The van der Waals surface area contributed by atoms with Crippen molar-refractivity contribution < 1.29 is 8.42 Å². The van der Waals surface area contributed by atoms with Crippen molar-refractivity contribution in [3.63, 3.8) is 0 Å². The Labute approximate surface area is 177 Å². The average Bonchev–Trinajstić information content (AvgIpc) is 3.23. The van der Waals surface area contributed by atoms with Gasteiger partial charge in [0, 0.05) is 17.3 Å². The smallest absolute Gasteiger partial charge is 0.261 e. The maximum absolute atomic E-state index is 13.0. The quantitative estimate of drug-likeness (QED) is 0.543. The van der Waals surface area contributed by atoms with Gasteiger partial charge in [-0.15, -0.1) is 0 Å². The minimum absolute atomic E-state index is 0.207. The zero-order chi connectivity index (χ0) is 20.7. The molecule has 0 radical (unpaired) electrons. The van der Waals surface area contributed by atoms with Gasteiger partial charge < -0.3 is 5.32 Å². The molecule has 5 rings (SSSR count). The van der Waals surface area contributed by atoms with Gasteiger partial charge in [-0.25, -0.2) is 8.42 Å². The highest BCUT2D eigenvalue weighted by Crippen LogP contribution is 2.50. The molecule has 1 aliphatic carbocycles. The maximum Gasteiger partial charge on any atom is 0.261 e. The van der Waals surface area contributed by atoms with Crippen molar-refractivity contribution in [1.29, 1.82) is 0 Å². The first kappa shape index (κ1) is 18.9. The van der Waals surface area contributed by atoms with Crippen LogP contribution in [0.1, 0.15) is 35.1 Å². The molecule has 1 aliphatic heterocycles. The van der Waals surface area contributed by atoms with Crippen molar-refractivity contribution in [2.45, 2.75) is 30.2 Å². The van der Waals surface area contributed by atoms with Crippen LogP contribution in [0.25, 0.3) is 0 Å².